The minimum Gasteiger partial charge on any atom is -0.480 e. The molecule has 2 heterocycles. The Labute approximate surface area is 220 Å². The summed E-state index contributed by atoms with van der Waals surface area (Å²) in [6, 6.07) is 13.2. The standard InChI is InChI=1S/C26H25Cl2N3O4S/c1-16-5-8-23(29-15-16)30-10-9-17-11-20(6-7-22(17)30)31(24(25(32)33)26(2,3)4)36(34,35)21-13-18(27)12-19(28)14-21/h5-15,24H,1-4H3,(H,32,33). The molecule has 1 N–H and O–H groups in total. The average Bonchev–Trinajstić information content (AvgIpc) is 3.19. The van der Waals surface area contributed by atoms with Crippen LogP contribution in [0.15, 0.2) is 71.9 Å². The number of pyridine rings is 1. The Morgan fingerprint density at radius 1 is 1.03 bits per heavy atom. The maximum absolute atomic E-state index is 14.0. The summed E-state index contributed by atoms with van der Waals surface area (Å²) in [7, 11) is -4.38. The van der Waals surface area contributed by atoms with Gasteiger partial charge in [-0.15, -0.1) is 0 Å². The molecular weight excluding hydrogens is 521 g/mol. The number of rotatable bonds is 6. The van der Waals surface area contributed by atoms with Crippen molar-refractivity contribution < 1.29 is 18.3 Å². The van der Waals surface area contributed by atoms with Gasteiger partial charge in [-0.1, -0.05) is 50.0 Å². The van der Waals surface area contributed by atoms with Crippen LogP contribution in [0.2, 0.25) is 10.0 Å². The van der Waals surface area contributed by atoms with Gasteiger partial charge >= 0.3 is 5.97 Å². The van der Waals surface area contributed by atoms with Crippen molar-refractivity contribution in [2.45, 2.75) is 38.6 Å². The van der Waals surface area contributed by atoms with Gasteiger partial charge in [0.25, 0.3) is 10.0 Å². The van der Waals surface area contributed by atoms with Crippen LogP contribution in [0, 0.1) is 12.3 Å². The average molecular weight is 546 g/mol. The van der Waals surface area contributed by atoms with Crippen molar-refractivity contribution in [3.63, 3.8) is 0 Å². The molecule has 0 radical (unpaired) electrons. The molecule has 0 saturated carbocycles. The molecule has 1 atom stereocenters. The molecule has 0 fully saturated rings. The smallest absolute Gasteiger partial charge is 0.328 e. The summed E-state index contributed by atoms with van der Waals surface area (Å²) < 4.78 is 30.7. The van der Waals surface area contributed by atoms with E-state index >= 15 is 0 Å². The van der Waals surface area contributed by atoms with Crippen LogP contribution in [0.4, 0.5) is 5.69 Å². The summed E-state index contributed by atoms with van der Waals surface area (Å²) in [5.74, 6) is -0.569. The summed E-state index contributed by atoms with van der Waals surface area (Å²) >= 11 is 12.2. The Kier molecular flexibility index (Phi) is 6.81. The minimum absolute atomic E-state index is 0.127. The third-order valence-corrected chi connectivity index (χ3v) is 7.96. The van der Waals surface area contributed by atoms with Crippen LogP contribution in [0.3, 0.4) is 0 Å². The summed E-state index contributed by atoms with van der Waals surface area (Å²) in [6.45, 7) is 6.99. The van der Waals surface area contributed by atoms with Gasteiger partial charge in [0.05, 0.1) is 16.1 Å². The van der Waals surface area contributed by atoms with Crippen LogP contribution in [0.1, 0.15) is 26.3 Å². The first-order valence-corrected chi connectivity index (χ1v) is 13.3. The van der Waals surface area contributed by atoms with E-state index in [1.807, 2.05) is 35.9 Å². The van der Waals surface area contributed by atoms with E-state index in [1.165, 1.54) is 18.2 Å². The molecule has 1 unspecified atom stereocenters. The Hall–Kier alpha value is -3.07. The second-order valence-electron chi connectivity index (χ2n) is 9.64. The number of aromatic nitrogens is 2. The first kappa shape index (κ1) is 26.0. The molecule has 7 nitrogen and oxygen atoms in total. The second-order valence-corrected chi connectivity index (χ2v) is 12.3. The lowest BCUT2D eigenvalue weighted by Crippen LogP contribution is -2.52. The lowest BCUT2D eigenvalue weighted by molar-refractivity contribution is -0.140. The van der Waals surface area contributed by atoms with E-state index in [9.17, 15) is 18.3 Å². The number of aryl methyl sites for hydroxylation is 1. The highest BCUT2D eigenvalue weighted by atomic mass is 35.5. The van der Waals surface area contributed by atoms with Gasteiger partial charge in [-0.25, -0.2) is 18.2 Å². The molecule has 36 heavy (non-hydrogen) atoms. The maximum Gasteiger partial charge on any atom is 0.328 e. The normalized spacial score (nSPS) is 13.1. The molecule has 10 heteroatoms. The van der Waals surface area contributed by atoms with Gasteiger partial charge in [0, 0.05) is 27.8 Å². The number of carbonyl (C=O) groups is 1. The van der Waals surface area contributed by atoms with Gasteiger partial charge in [-0.3, -0.25) is 4.31 Å². The molecule has 4 aromatic rings. The van der Waals surface area contributed by atoms with Crippen LogP contribution in [-0.4, -0.2) is 35.1 Å². The molecule has 0 aliphatic carbocycles. The van der Waals surface area contributed by atoms with Crippen LogP contribution < -0.4 is 4.31 Å². The van der Waals surface area contributed by atoms with E-state index < -0.39 is 27.4 Å². The van der Waals surface area contributed by atoms with E-state index in [0.717, 1.165) is 20.8 Å². The van der Waals surface area contributed by atoms with Crippen molar-refractivity contribution in [3.8, 4) is 5.82 Å². The number of fused-ring (bicyclic) bond motifs is 1. The van der Waals surface area contributed by atoms with Gasteiger partial charge in [0.2, 0.25) is 0 Å². The maximum atomic E-state index is 14.0. The number of benzene rings is 2. The quantitative estimate of drug-likeness (QED) is 0.305. The Balaban J connectivity index is 1.93. The zero-order chi connectivity index (χ0) is 26.4. The van der Waals surface area contributed by atoms with Crippen LogP contribution >= 0.6 is 23.2 Å². The number of aliphatic carboxylic acids is 1. The molecule has 0 spiro atoms. The molecule has 4 rings (SSSR count). The largest absolute Gasteiger partial charge is 0.480 e. The topological polar surface area (TPSA) is 92.5 Å². The molecule has 0 aliphatic heterocycles. The number of sulfonamides is 1. The number of carboxylic acid groups (broad SMARTS) is 1. The Morgan fingerprint density at radius 2 is 1.69 bits per heavy atom. The third-order valence-electron chi connectivity index (χ3n) is 5.75. The first-order chi connectivity index (χ1) is 16.8. The van der Waals surface area contributed by atoms with Gasteiger partial charge in [-0.05, 0) is 66.4 Å². The van der Waals surface area contributed by atoms with E-state index in [1.54, 1.807) is 45.2 Å². The predicted molar refractivity (Wildman–Crippen MR) is 143 cm³/mol. The summed E-state index contributed by atoms with van der Waals surface area (Å²) in [5, 5.41) is 11.2. The molecule has 0 amide bonds. The Morgan fingerprint density at radius 3 is 2.25 bits per heavy atom. The number of halogens is 2. The van der Waals surface area contributed by atoms with Crippen molar-refractivity contribution in [3.05, 3.63) is 82.6 Å². The molecule has 0 saturated heterocycles. The molecule has 0 bridgehead atoms. The van der Waals surface area contributed by atoms with E-state index in [0.29, 0.717) is 5.82 Å². The van der Waals surface area contributed by atoms with Crippen LogP contribution in [0.25, 0.3) is 16.7 Å². The summed E-state index contributed by atoms with van der Waals surface area (Å²) in [5.41, 5.74) is 1.08. The highest BCUT2D eigenvalue weighted by Gasteiger charge is 2.43. The highest BCUT2D eigenvalue weighted by Crippen LogP contribution is 2.37. The van der Waals surface area contributed by atoms with Crippen LogP contribution in [-0.2, 0) is 14.8 Å². The lowest BCUT2D eigenvalue weighted by atomic mass is 9.86. The van der Waals surface area contributed by atoms with E-state index in [-0.39, 0.29) is 20.6 Å². The monoisotopic (exact) mass is 545 g/mol. The van der Waals surface area contributed by atoms with E-state index in [2.05, 4.69) is 4.98 Å². The first-order valence-electron chi connectivity index (χ1n) is 11.1. The van der Waals surface area contributed by atoms with Crippen molar-refractivity contribution in [2.24, 2.45) is 5.41 Å². The number of anilines is 1. The van der Waals surface area contributed by atoms with Crippen molar-refractivity contribution in [2.75, 3.05) is 4.31 Å². The fourth-order valence-electron chi connectivity index (χ4n) is 4.11. The van der Waals surface area contributed by atoms with E-state index in [4.69, 9.17) is 23.2 Å². The number of nitrogens with zero attached hydrogens (tertiary/aromatic N) is 3. The van der Waals surface area contributed by atoms with Crippen LogP contribution in [0.5, 0.6) is 0 Å². The summed E-state index contributed by atoms with van der Waals surface area (Å²) in [6.07, 6.45) is 3.60. The molecular formula is C26H25Cl2N3O4S. The van der Waals surface area contributed by atoms with Gasteiger partial charge in [-0.2, -0.15) is 0 Å². The van der Waals surface area contributed by atoms with Crippen molar-refractivity contribution >= 4 is 55.8 Å². The zero-order valence-corrected chi connectivity index (χ0v) is 22.4. The minimum atomic E-state index is -4.38. The SMILES string of the molecule is Cc1ccc(-n2ccc3cc(N(C(C(=O)O)C(C)(C)C)S(=O)(=O)c4cc(Cl)cc(Cl)c4)ccc32)nc1. The second kappa shape index (κ2) is 9.42. The zero-order valence-electron chi connectivity index (χ0n) is 20.1. The Bertz CT molecular complexity index is 1540. The van der Waals surface area contributed by atoms with Gasteiger partial charge in [0.1, 0.15) is 11.9 Å². The predicted octanol–water partition coefficient (Wildman–Crippen LogP) is 6.34. The van der Waals surface area contributed by atoms with Gasteiger partial charge in [0.15, 0.2) is 0 Å². The molecule has 2 aromatic carbocycles. The highest BCUT2D eigenvalue weighted by molar-refractivity contribution is 7.93. The number of hydrogen-bond donors (Lipinski definition) is 1. The lowest BCUT2D eigenvalue weighted by Gasteiger charge is -2.37. The summed E-state index contributed by atoms with van der Waals surface area (Å²) in [4.78, 5) is 16.7. The fourth-order valence-corrected chi connectivity index (χ4v) is 6.62. The number of hydrogen-bond acceptors (Lipinski definition) is 4. The van der Waals surface area contributed by atoms with Gasteiger partial charge < -0.3 is 9.67 Å². The number of carboxylic acids is 1. The van der Waals surface area contributed by atoms with Crippen molar-refractivity contribution in [1.29, 1.82) is 0 Å². The third kappa shape index (κ3) is 4.93. The van der Waals surface area contributed by atoms with Crippen molar-refractivity contribution in [1.82, 2.24) is 9.55 Å². The molecule has 0 aliphatic rings. The fraction of sp³-hybridized carbons (Fsp3) is 0.231. The molecule has 2 aromatic heterocycles. The molecule has 188 valence electrons.